The highest BCUT2D eigenvalue weighted by Crippen LogP contribution is 2.24. The van der Waals surface area contributed by atoms with Gasteiger partial charge >= 0.3 is 0 Å². The van der Waals surface area contributed by atoms with Gasteiger partial charge in [-0.1, -0.05) is 60.7 Å². The van der Waals surface area contributed by atoms with Crippen molar-refractivity contribution in [1.82, 2.24) is 0 Å². The number of carbonyl (C=O) groups is 1. The van der Waals surface area contributed by atoms with Crippen LogP contribution in [-0.2, 0) is 14.8 Å². The van der Waals surface area contributed by atoms with Crippen LogP contribution in [-0.4, -0.2) is 19.2 Å². The van der Waals surface area contributed by atoms with E-state index in [-0.39, 0.29) is 10.6 Å². The Kier molecular flexibility index (Phi) is 7.22. The van der Waals surface area contributed by atoms with Crippen LogP contribution in [0.4, 0.5) is 17.1 Å². The number of non-ortho nitro benzene ring substituents is 1. The van der Waals surface area contributed by atoms with Crippen LogP contribution in [0.3, 0.4) is 0 Å². The first kappa shape index (κ1) is 24.4. The molecular formula is C27H21N3O5S. The minimum Gasteiger partial charge on any atom is -0.322 e. The number of nitrogens with zero attached hydrogens (tertiary/aromatic N) is 1. The van der Waals surface area contributed by atoms with E-state index in [2.05, 4.69) is 10.0 Å². The van der Waals surface area contributed by atoms with Crippen LogP contribution in [0.2, 0.25) is 0 Å². The van der Waals surface area contributed by atoms with Gasteiger partial charge in [-0.15, -0.1) is 0 Å². The molecule has 180 valence electrons. The molecule has 36 heavy (non-hydrogen) atoms. The zero-order valence-corrected chi connectivity index (χ0v) is 19.7. The number of sulfonamides is 1. The van der Waals surface area contributed by atoms with Crippen molar-refractivity contribution in [2.24, 2.45) is 0 Å². The summed E-state index contributed by atoms with van der Waals surface area (Å²) in [6.07, 6.45) is 1.57. The van der Waals surface area contributed by atoms with E-state index >= 15 is 0 Å². The summed E-state index contributed by atoms with van der Waals surface area (Å²) in [4.78, 5) is 23.9. The number of anilines is 2. The number of amides is 1. The molecule has 0 aliphatic rings. The van der Waals surface area contributed by atoms with Gasteiger partial charge in [0.2, 0.25) is 0 Å². The SMILES string of the molecule is O=C(Nc1ccc(S(=O)(=O)Nc2ccccc2)cc1)/C(=C/c1cccc([N+](=O)[O-])c1)c1ccccc1. The molecule has 0 saturated carbocycles. The maximum Gasteiger partial charge on any atom is 0.270 e. The molecule has 0 radical (unpaired) electrons. The number of nitro benzene ring substituents is 1. The fourth-order valence-corrected chi connectivity index (χ4v) is 4.49. The first-order chi connectivity index (χ1) is 17.3. The number of nitrogens with one attached hydrogen (secondary N) is 2. The summed E-state index contributed by atoms with van der Waals surface area (Å²) in [6, 6.07) is 29.2. The summed E-state index contributed by atoms with van der Waals surface area (Å²) in [7, 11) is -3.80. The molecule has 1 amide bonds. The van der Waals surface area contributed by atoms with E-state index < -0.39 is 20.9 Å². The molecule has 0 spiro atoms. The molecule has 0 heterocycles. The lowest BCUT2D eigenvalue weighted by Crippen LogP contribution is -2.15. The van der Waals surface area contributed by atoms with Gasteiger partial charge in [-0.05, 0) is 53.6 Å². The zero-order chi connectivity index (χ0) is 25.5. The molecule has 4 aromatic carbocycles. The van der Waals surface area contributed by atoms with Crippen molar-refractivity contribution in [3.05, 3.63) is 130 Å². The molecule has 2 N–H and O–H groups in total. The maximum atomic E-state index is 13.2. The third-order valence-corrected chi connectivity index (χ3v) is 6.57. The standard InChI is InChI=1S/C27H21N3O5S/c31-27(26(21-9-3-1-4-10-21)19-20-8-7-13-24(18-20)30(32)33)28-22-14-16-25(17-15-22)36(34,35)29-23-11-5-2-6-12-23/h1-19,29H,(H,28,31)/b26-19+. The molecule has 0 unspecified atom stereocenters. The molecule has 0 aliphatic carbocycles. The first-order valence-electron chi connectivity index (χ1n) is 10.8. The fourth-order valence-electron chi connectivity index (χ4n) is 3.43. The van der Waals surface area contributed by atoms with Crippen molar-refractivity contribution in [2.75, 3.05) is 10.0 Å². The van der Waals surface area contributed by atoms with Gasteiger partial charge in [0.25, 0.3) is 21.6 Å². The zero-order valence-electron chi connectivity index (χ0n) is 18.9. The minimum atomic E-state index is -3.80. The molecule has 4 rings (SSSR count). The number of benzene rings is 4. The highest BCUT2D eigenvalue weighted by atomic mass is 32.2. The molecule has 0 aliphatic heterocycles. The van der Waals surface area contributed by atoms with Crippen LogP contribution in [0.15, 0.2) is 114 Å². The van der Waals surface area contributed by atoms with Gasteiger partial charge in [0.15, 0.2) is 0 Å². The Hall–Kier alpha value is -4.76. The topological polar surface area (TPSA) is 118 Å². The molecular weight excluding hydrogens is 478 g/mol. The van der Waals surface area contributed by atoms with Crippen LogP contribution in [0.5, 0.6) is 0 Å². The molecule has 0 aromatic heterocycles. The predicted octanol–water partition coefficient (Wildman–Crippen LogP) is 5.57. The maximum absolute atomic E-state index is 13.2. The Morgan fingerprint density at radius 3 is 2.06 bits per heavy atom. The molecule has 0 fully saturated rings. The van der Waals surface area contributed by atoms with Crippen molar-refractivity contribution in [2.45, 2.75) is 4.90 Å². The fraction of sp³-hybridized carbons (Fsp3) is 0. The molecule has 4 aromatic rings. The lowest BCUT2D eigenvalue weighted by atomic mass is 10.0. The van der Waals surface area contributed by atoms with Crippen molar-refractivity contribution in [1.29, 1.82) is 0 Å². The smallest absolute Gasteiger partial charge is 0.270 e. The van der Waals surface area contributed by atoms with Crippen molar-refractivity contribution in [3.63, 3.8) is 0 Å². The van der Waals surface area contributed by atoms with Gasteiger partial charge in [-0.2, -0.15) is 0 Å². The quantitative estimate of drug-likeness (QED) is 0.142. The van der Waals surface area contributed by atoms with Crippen LogP contribution in [0.1, 0.15) is 11.1 Å². The number of rotatable bonds is 8. The Bertz CT molecular complexity index is 1520. The highest BCUT2D eigenvalue weighted by Gasteiger charge is 2.16. The third kappa shape index (κ3) is 6.02. The first-order valence-corrected chi connectivity index (χ1v) is 12.3. The molecule has 9 heteroatoms. The summed E-state index contributed by atoms with van der Waals surface area (Å²) < 4.78 is 27.8. The number of hydrogen-bond acceptors (Lipinski definition) is 5. The van der Waals surface area contributed by atoms with Gasteiger partial charge in [0, 0.05) is 29.1 Å². The number of hydrogen-bond donors (Lipinski definition) is 2. The van der Waals surface area contributed by atoms with Gasteiger partial charge < -0.3 is 5.32 Å². The minimum absolute atomic E-state index is 0.0415. The lowest BCUT2D eigenvalue weighted by Gasteiger charge is -2.11. The number of para-hydroxylation sites is 1. The molecule has 0 bridgehead atoms. The third-order valence-electron chi connectivity index (χ3n) is 5.17. The van der Waals surface area contributed by atoms with Crippen molar-refractivity contribution >= 4 is 44.6 Å². The van der Waals surface area contributed by atoms with Gasteiger partial charge in [0.05, 0.1) is 9.82 Å². The van der Waals surface area contributed by atoms with E-state index in [1.54, 1.807) is 72.8 Å². The van der Waals surface area contributed by atoms with Gasteiger partial charge in [-0.3, -0.25) is 19.6 Å². The van der Waals surface area contributed by atoms with Crippen molar-refractivity contribution in [3.8, 4) is 0 Å². The van der Waals surface area contributed by atoms with E-state index in [9.17, 15) is 23.3 Å². The average Bonchev–Trinajstić information content (AvgIpc) is 2.88. The predicted molar refractivity (Wildman–Crippen MR) is 140 cm³/mol. The van der Waals surface area contributed by atoms with Gasteiger partial charge in [-0.25, -0.2) is 8.42 Å². The summed E-state index contributed by atoms with van der Waals surface area (Å²) in [6.45, 7) is 0. The Morgan fingerprint density at radius 1 is 0.778 bits per heavy atom. The second-order valence-corrected chi connectivity index (χ2v) is 9.41. The van der Waals surface area contributed by atoms with Crippen molar-refractivity contribution < 1.29 is 18.1 Å². The van der Waals surface area contributed by atoms with E-state index in [4.69, 9.17) is 0 Å². The van der Waals surface area contributed by atoms with Crippen LogP contribution >= 0.6 is 0 Å². The molecule has 8 nitrogen and oxygen atoms in total. The Balaban J connectivity index is 1.58. The highest BCUT2D eigenvalue weighted by molar-refractivity contribution is 7.92. The van der Waals surface area contributed by atoms with E-state index in [1.165, 1.54) is 36.4 Å². The summed E-state index contributed by atoms with van der Waals surface area (Å²) in [5.41, 5.74) is 2.14. The monoisotopic (exact) mass is 499 g/mol. The van der Waals surface area contributed by atoms with Gasteiger partial charge in [0.1, 0.15) is 0 Å². The summed E-state index contributed by atoms with van der Waals surface area (Å²) in [5.74, 6) is -0.453. The van der Waals surface area contributed by atoms with E-state index in [1.807, 2.05) is 6.07 Å². The Labute approximate surface area is 208 Å². The average molecular weight is 500 g/mol. The van der Waals surface area contributed by atoms with Crippen LogP contribution < -0.4 is 10.0 Å². The summed E-state index contributed by atoms with van der Waals surface area (Å²) >= 11 is 0. The second-order valence-electron chi connectivity index (χ2n) is 7.73. The van der Waals surface area contributed by atoms with Crippen LogP contribution in [0.25, 0.3) is 11.6 Å². The normalized spacial score (nSPS) is 11.5. The Morgan fingerprint density at radius 2 is 1.42 bits per heavy atom. The van der Waals surface area contributed by atoms with Crippen LogP contribution in [0, 0.1) is 10.1 Å². The van der Waals surface area contributed by atoms with E-state index in [0.717, 1.165) is 0 Å². The number of carbonyl (C=O) groups excluding carboxylic acids is 1. The van der Waals surface area contributed by atoms with E-state index in [0.29, 0.717) is 28.1 Å². The molecule has 0 atom stereocenters. The lowest BCUT2D eigenvalue weighted by molar-refractivity contribution is -0.384. The largest absolute Gasteiger partial charge is 0.322 e. The number of nitro groups is 1. The summed E-state index contributed by atoms with van der Waals surface area (Å²) in [5, 5.41) is 13.9. The molecule has 0 saturated heterocycles. The second kappa shape index (κ2) is 10.7.